The van der Waals surface area contributed by atoms with Crippen LogP contribution in [0.25, 0.3) is 5.69 Å². The zero-order valence-corrected chi connectivity index (χ0v) is 12.4. The highest BCUT2D eigenvalue weighted by molar-refractivity contribution is 7.91. The minimum absolute atomic E-state index is 0.289. The first-order chi connectivity index (χ1) is 9.36. The second kappa shape index (κ2) is 5.76. The van der Waals surface area contributed by atoms with Gasteiger partial charge in [-0.15, -0.1) is 0 Å². The second-order valence-electron chi connectivity index (χ2n) is 5.29. The molecule has 2 rings (SSSR count). The molecule has 0 aliphatic carbocycles. The van der Waals surface area contributed by atoms with Crippen LogP contribution in [0, 0.1) is 5.82 Å². The van der Waals surface area contributed by atoms with Gasteiger partial charge >= 0.3 is 0 Å². The maximum atomic E-state index is 12.8. The lowest BCUT2D eigenvalue weighted by atomic mass is 10.3. The van der Waals surface area contributed by atoms with Crippen LogP contribution in [0.15, 0.2) is 41.1 Å². The van der Waals surface area contributed by atoms with Gasteiger partial charge in [-0.05, 0) is 45.0 Å². The Morgan fingerprint density at radius 1 is 1.30 bits per heavy atom. The van der Waals surface area contributed by atoms with Crippen LogP contribution < -0.4 is 0 Å². The second-order valence-corrected chi connectivity index (χ2v) is 7.22. The molecule has 0 aliphatic heterocycles. The molecule has 0 aliphatic rings. The van der Waals surface area contributed by atoms with Gasteiger partial charge in [0.25, 0.3) is 0 Å². The predicted octanol–water partition coefficient (Wildman–Crippen LogP) is 2.89. The molecule has 0 saturated carbocycles. The van der Waals surface area contributed by atoms with Gasteiger partial charge in [0.1, 0.15) is 21.9 Å². The van der Waals surface area contributed by atoms with Crippen molar-refractivity contribution in [1.29, 1.82) is 0 Å². The van der Waals surface area contributed by atoms with Gasteiger partial charge in [0.05, 0.1) is 18.1 Å². The average Bonchev–Trinajstić information content (AvgIpc) is 2.84. The highest BCUT2D eigenvalue weighted by Crippen LogP contribution is 2.17. The molecule has 1 aromatic heterocycles. The Bertz CT molecular complexity index is 602. The molecule has 6 heteroatoms. The zero-order chi connectivity index (χ0) is 14.8. The maximum Gasteiger partial charge on any atom is 0.144 e. The molecular weight excluding hydrogens is 277 g/mol. The minimum atomic E-state index is -1.29. The van der Waals surface area contributed by atoms with Crippen LogP contribution in [0.1, 0.15) is 26.3 Å². The number of halogens is 1. The van der Waals surface area contributed by atoms with Gasteiger partial charge < -0.3 is 4.55 Å². The molecule has 0 saturated heterocycles. The lowest BCUT2D eigenvalue weighted by molar-refractivity contribution is 0.562. The van der Waals surface area contributed by atoms with Gasteiger partial charge in [0.15, 0.2) is 0 Å². The summed E-state index contributed by atoms with van der Waals surface area (Å²) in [5.41, 5.74) is 1.50. The molecule has 0 fully saturated rings. The van der Waals surface area contributed by atoms with Crippen LogP contribution in [0.4, 0.5) is 4.39 Å². The van der Waals surface area contributed by atoms with E-state index in [2.05, 4.69) is 9.50 Å². The molecule has 2 aromatic rings. The van der Waals surface area contributed by atoms with E-state index in [-0.39, 0.29) is 10.6 Å². The van der Waals surface area contributed by atoms with E-state index in [4.69, 9.17) is 0 Å². The van der Waals surface area contributed by atoms with Gasteiger partial charge in [0, 0.05) is 11.8 Å². The fourth-order valence-electron chi connectivity index (χ4n) is 1.41. The van der Waals surface area contributed by atoms with Crippen molar-refractivity contribution in [3.63, 3.8) is 0 Å². The highest BCUT2D eigenvalue weighted by atomic mass is 32.2. The topological polar surface area (TPSA) is 53.2 Å². The van der Waals surface area contributed by atoms with Crippen LogP contribution in [-0.2, 0) is 11.4 Å². The van der Waals surface area contributed by atoms with E-state index in [0.717, 1.165) is 11.3 Å². The van der Waals surface area contributed by atoms with E-state index >= 15 is 0 Å². The van der Waals surface area contributed by atoms with Crippen molar-refractivity contribution >= 4 is 17.6 Å². The monoisotopic (exact) mass is 293 g/mol. The molecule has 1 atom stereocenters. The molecular formula is C14H16FN3OS. The Hall–Kier alpha value is -1.66. The van der Waals surface area contributed by atoms with E-state index in [9.17, 15) is 8.94 Å². The number of hydrogen-bond donors (Lipinski definition) is 0. The molecule has 4 nitrogen and oxygen atoms in total. The van der Waals surface area contributed by atoms with Crippen LogP contribution in [-0.4, -0.2) is 25.3 Å². The van der Waals surface area contributed by atoms with Crippen molar-refractivity contribution in [1.82, 2.24) is 9.78 Å². The predicted molar refractivity (Wildman–Crippen MR) is 79.0 cm³/mol. The molecule has 1 aromatic carbocycles. The number of nitrogens with zero attached hydrogens (tertiary/aromatic N) is 3. The van der Waals surface area contributed by atoms with E-state index in [1.54, 1.807) is 29.2 Å². The largest absolute Gasteiger partial charge is 0.591 e. The summed E-state index contributed by atoms with van der Waals surface area (Å²) < 4.78 is 29.9. The van der Waals surface area contributed by atoms with Crippen LogP contribution in [0.2, 0.25) is 0 Å². The number of hydrogen-bond acceptors (Lipinski definition) is 3. The summed E-state index contributed by atoms with van der Waals surface area (Å²) in [6.45, 7) is 5.59. The Labute approximate surface area is 120 Å². The molecule has 106 valence electrons. The van der Waals surface area contributed by atoms with Crippen molar-refractivity contribution < 1.29 is 8.94 Å². The van der Waals surface area contributed by atoms with Crippen molar-refractivity contribution in [2.24, 2.45) is 4.40 Å². The summed E-state index contributed by atoms with van der Waals surface area (Å²) in [6.07, 6.45) is 4.90. The highest BCUT2D eigenvalue weighted by Gasteiger charge is 2.25. The number of rotatable bonds is 3. The normalized spacial score (nSPS) is 13.8. The van der Waals surface area contributed by atoms with Gasteiger partial charge in [-0.2, -0.15) is 5.10 Å². The lowest BCUT2D eigenvalue weighted by Crippen LogP contribution is -2.25. The smallest absolute Gasteiger partial charge is 0.144 e. The summed E-state index contributed by atoms with van der Waals surface area (Å²) in [5.74, 6) is -0.289. The summed E-state index contributed by atoms with van der Waals surface area (Å²) in [4.78, 5) is 0. The van der Waals surface area contributed by atoms with Gasteiger partial charge in [0.2, 0.25) is 0 Å². The third-order valence-corrected chi connectivity index (χ3v) is 3.86. The van der Waals surface area contributed by atoms with Crippen molar-refractivity contribution in [2.45, 2.75) is 25.5 Å². The standard InChI is InChI=1S/C14H16FN3OS/c1-14(2,3)20(19)17-9-11-8-16-18(10-11)13-6-4-12(15)5-7-13/h4-10H,1-3H3/b17-9+. The third-order valence-electron chi connectivity index (χ3n) is 2.52. The Kier molecular flexibility index (Phi) is 4.25. The quantitative estimate of drug-likeness (QED) is 0.645. The Morgan fingerprint density at radius 3 is 2.55 bits per heavy atom. The van der Waals surface area contributed by atoms with Gasteiger partial charge in [-0.25, -0.2) is 9.07 Å². The molecule has 20 heavy (non-hydrogen) atoms. The Balaban J connectivity index is 2.13. The number of benzene rings is 1. The summed E-state index contributed by atoms with van der Waals surface area (Å²) in [7, 11) is 0. The van der Waals surface area contributed by atoms with Crippen LogP contribution in [0.3, 0.4) is 0 Å². The summed E-state index contributed by atoms with van der Waals surface area (Å²) in [5, 5.41) is 4.16. The molecule has 1 heterocycles. The van der Waals surface area contributed by atoms with Gasteiger partial charge in [-0.3, -0.25) is 0 Å². The van der Waals surface area contributed by atoms with E-state index in [1.807, 2.05) is 20.8 Å². The first-order valence-corrected chi connectivity index (χ1v) is 7.23. The van der Waals surface area contributed by atoms with E-state index in [0.29, 0.717) is 0 Å². The maximum absolute atomic E-state index is 12.8. The van der Waals surface area contributed by atoms with Crippen LogP contribution in [0.5, 0.6) is 0 Å². The molecule has 0 radical (unpaired) electrons. The van der Waals surface area contributed by atoms with E-state index in [1.165, 1.54) is 18.3 Å². The molecule has 1 unspecified atom stereocenters. The summed E-state index contributed by atoms with van der Waals surface area (Å²) in [6, 6.07) is 6.02. The third kappa shape index (κ3) is 3.68. The SMILES string of the molecule is CC(C)(C)[S+]([O-])/N=C/c1cnn(-c2ccc(F)cc2)c1. The Morgan fingerprint density at radius 2 is 1.95 bits per heavy atom. The number of aromatic nitrogens is 2. The van der Waals surface area contributed by atoms with Gasteiger partial charge in [-0.1, -0.05) is 4.40 Å². The lowest BCUT2D eigenvalue weighted by Gasteiger charge is -2.17. The fourth-order valence-corrected chi connectivity index (χ4v) is 1.94. The fraction of sp³-hybridized carbons (Fsp3) is 0.286. The minimum Gasteiger partial charge on any atom is -0.591 e. The van der Waals surface area contributed by atoms with Crippen molar-refractivity contribution in [3.8, 4) is 5.69 Å². The molecule has 0 N–H and O–H groups in total. The first kappa shape index (κ1) is 14.7. The summed E-state index contributed by atoms with van der Waals surface area (Å²) >= 11 is -1.29. The molecule has 0 amide bonds. The first-order valence-electron chi connectivity index (χ1n) is 6.13. The molecule has 0 spiro atoms. The van der Waals surface area contributed by atoms with E-state index < -0.39 is 11.4 Å². The zero-order valence-electron chi connectivity index (χ0n) is 11.6. The molecule has 0 bridgehead atoms. The van der Waals surface area contributed by atoms with Crippen molar-refractivity contribution in [2.75, 3.05) is 0 Å². The van der Waals surface area contributed by atoms with Crippen molar-refractivity contribution in [3.05, 3.63) is 48.0 Å². The average molecular weight is 293 g/mol. The van der Waals surface area contributed by atoms with Crippen LogP contribution >= 0.6 is 0 Å².